The number of carbonyl (C=O) groups is 1. The summed E-state index contributed by atoms with van der Waals surface area (Å²) in [5.74, 6) is -0.568. The average molecular weight is 357 g/mol. The van der Waals surface area contributed by atoms with Crippen LogP contribution in [0, 0.1) is 10.1 Å². The number of anilines is 1. The van der Waals surface area contributed by atoms with Crippen LogP contribution in [-0.4, -0.2) is 20.4 Å². The minimum absolute atomic E-state index is 0.0492. The van der Waals surface area contributed by atoms with E-state index in [-0.39, 0.29) is 16.3 Å². The average Bonchev–Trinajstić information content (AvgIpc) is 3.09. The predicted octanol–water partition coefficient (Wildman–Crippen LogP) is 3.75. The van der Waals surface area contributed by atoms with Crippen LogP contribution in [0.1, 0.15) is 15.9 Å². The van der Waals surface area contributed by atoms with Gasteiger partial charge in [-0.3, -0.25) is 14.9 Å². The molecule has 1 amide bonds. The molecule has 3 aromatic rings. The van der Waals surface area contributed by atoms with E-state index in [1.54, 1.807) is 24.7 Å². The number of nitrogens with zero attached hydrogens (tertiary/aromatic N) is 3. The van der Waals surface area contributed by atoms with Gasteiger partial charge in [-0.05, 0) is 23.8 Å². The summed E-state index contributed by atoms with van der Waals surface area (Å²) in [6.45, 7) is 0.513. The summed E-state index contributed by atoms with van der Waals surface area (Å²) >= 11 is 5.79. The first-order chi connectivity index (χ1) is 12.0. The number of rotatable bonds is 5. The molecular formula is C17H13ClN4O3. The van der Waals surface area contributed by atoms with Gasteiger partial charge in [0.25, 0.3) is 11.6 Å². The Morgan fingerprint density at radius 3 is 2.80 bits per heavy atom. The van der Waals surface area contributed by atoms with Crippen molar-refractivity contribution in [3.63, 3.8) is 0 Å². The smallest absolute Gasteiger partial charge is 0.283 e. The van der Waals surface area contributed by atoms with Crippen LogP contribution in [0.5, 0.6) is 0 Å². The van der Waals surface area contributed by atoms with Crippen molar-refractivity contribution in [3.05, 3.63) is 87.4 Å². The van der Waals surface area contributed by atoms with Crippen LogP contribution in [0.15, 0.2) is 61.2 Å². The molecular weight excluding hydrogens is 344 g/mol. The molecule has 1 aromatic heterocycles. The van der Waals surface area contributed by atoms with Crippen molar-refractivity contribution in [3.8, 4) is 0 Å². The maximum Gasteiger partial charge on any atom is 0.283 e. The molecule has 0 saturated heterocycles. The molecule has 0 aliphatic heterocycles. The third-order valence-corrected chi connectivity index (χ3v) is 3.81. The lowest BCUT2D eigenvalue weighted by Crippen LogP contribution is -2.15. The molecule has 8 heteroatoms. The normalized spacial score (nSPS) is 10.4. The van der Waals surface area contributed by atoms with E-state index in [9.17, 15) is 14.9 Å². The molecule has 0 spiro atoms. The zero-order valence-corrected chi connectivity index (χ0v) is 13.7. The van der Waals surface area contributed by atoms with E-state index in [0.29, 0.717) is 12.2 Å². The van der Waals surface area contributed by atoms with E-state index in [2.05, 4.69) is 10.3 Å². The van der Waals surface area contributed by atoms with Gasteiger partial charge in [0, 0.05) is 29.2 Å². The maximum absolute atomic E-state index is 12.5. The Balaban J connectivity index is 1.88. The van der Waals surface area contributed by atoms with E-state index in [0.717, 1.165) is 11.6 Å². The number of nitro groups is 1. The maximum atomic E-state index is 12.5. The van der Waals surface area contributed by atoms with Crippen LogP contribution in [0.3, 0.4) is 0 Å². The number of imidazole rings is 1. The highest BCUT2D eigenvalue weighted by Crippen LogP contribution is 2.25. The lowest BCUT2D eigenvalue weighted by molar-refractivity contribution is -0.385. The molecule has 0 saturated carbocycles. The standard InChI is InChI=1S/C17H13ClN4O3/c18-13-5-6-14(16(9-13)22(24)25)17(23)20-15-4-2-1-3-12(15)10-21-8-7-19-11-21/h1-9,11H,10H2,(H,20,23). The first kappa shape index (κ1) is 16.7. The Labute approximate surface area is 148 Å². The minimum Gasteiger partial charge on any atom is -0.333 e. The molecule has 126 valence electrons. The number of amides is 1. The molecule has 0 fully saturated rings. The van der Waals surface area contributed by atoms with Crippen LogP contribution in [0.25, 0.3) is 0 Å². The second-order valence-electron chi connectivity index (χ2n) is 5.26. The molecule has 0 aliphatic rings. The highest BCUT2D eigenvalue weighted by molar-refractivity contribution is 6.31. The van der Waals surface area contributed by atoms with E-state index < -0.39 is 10.8 Å². The monoisotopic (exact) mass is 356 g/mol. The number of aromatic nitrogens is 2. The highest BCUT2D eigenvalue weighted by atomic mass is 35.5. The fourth-order valence-electron chi connectivity index (χ4n) is 2.39. The number of benzene rings is 2. The first-order valence-corrected chi connectivity index (χ1v) is 7.71. The second kappa shape index (κ2) is 7.14. The molecule has 1 heterocycles. The lowest BCUT2D eigenvalue weighted by atomic mass is 10.1. The summed E-state index contributed by atoms with van der Waals surface area (Å²) < 4.78 is 1.86. The Hall–Kier alpha value is -3.19. The molecule has 0 atom stereocenters. The molecule has 2 aromatic carbocycles. The summed E-state index contributed by atoms with van der Waals surface area (Å²) in [5.41, 5.74) is 1.04. The van der Waals surface area contributed by atoms with Crippen molar-refractivity contribution in [1.29, 1.82) is 0 Å². The third-order valence-electron chi connectivity index (χ3n) is 3.58. The Kier molecular flexibility index (Phi) is 4.76. The van der Waals surface area contributed by atoms with Gasteiger partial charge in [-0.15, -0.1) is 0 Å². The summed E-state index contributed by atoms with van der Waals surface area (Å²) in [6, 6.07) is 11.2. The van der Waals surface area contributed by atoms with E-state index >= 15 is 0 Å². The molecule has 0 radical (unpaired) electrons. The van der Waals surface area contributed by atoms with Gasteiger partial charge in [-0.2, -0.15) is 0 Å². The molecule has 1 N–H and O–H groups in total. The number of hydrogen-bond donors (Lipinski definition) is 1. The summed E-state index contributed by atoms with van der Waals surface area (Å²) in [7, 11) is 0. The van der Waals surface area contributed by atoms with Crippen molar-refractivity contribution in [2.24, 2.45) is 0 Å². The number of para-hydroxylation sites is 1. The quantitative estimate of drug-likeness (QED) is 0.557. The van der Waals surface area contributed by atoms with Gasteiger partial charge in [0.1, 0.15) is 5.56 Å². The highest BCUT2D eigenvalue weighted by Gasteiger charge is 2.21. The van der Waals surface area contributed by atoms with Gasteiger partial charge in [0.05, 0.1) is 17.8 Å². The van der Waals surface area contributed by atoms with Crippen molar-refractivity contribution < 1.29 is 9.72 Å². The van der Waals surface area contributed by atoms with Gasteiger partial charge in [0.2, 0.25) is 0 Å². The molecule has 0 unspecified atom stereocenters. The molecule has 3 rings (SSSR count). The van der Waals surface area contributed by atoms with Crippen molar-refractivity contribution in [2.75, 3.05) is 5.32 Å². The van der Waals surface area contributed by atoms with Gasteiger partial charge >= 0.3 is 0 Å². The number of nitro benzene ring substituents is 1. The summed E-state index contributed by atoms with van der Waals surface area (Å²) in [4.78, 5) is 27.1. The Morgan fingerprint density at radius 1 is 1.28 bits per heavy atom. The van der Waals surface area contributed by atoms with Gasteiger partial charge in [-0.25, -0.2) is 4.98 Å². The van der Waals surface area contributed by atoms with Gasteiger partial charge < -0.3 is 9.88 Å². The predicted molar refractivity (Wildman–Crippen MR) is 93.8 cm³/mol. The first-order valence-electron chi connectivity index (χ1n) is 7.33. The molecule has 7 nitrogen and oxygen atoms in total. The van der Waals surface area contributed by atoms with Gasteiger partial charge in [-0.1, -0.05) is 29.8 Å². The fourth-order valence-corrected chi connectivity index (χ4v) is 2.56. The van der Waals surface area contributed by atoms with Crippen LogP contribution >= 0.6 is 11.6 Å². The largest absolute Gasteiger partial charge is 0.333 e. The SMILES string of the molecule is O=C(Nc1ccccc1Cn1ccnc1)c1ccc(Cl)cc1[N+](=O)[O-]. The number of carbonyl (C=O) groups excluding carboxylic acids is 1. The van der Waals surface area contributed by atoms with Crippen LogP contribution < -0.4 is 5.32 Å². The lowest BCUT2D eigenvalue weighted by Gasteiger charge is -2.12. The van der Waals surface area contributed by atoms with E-state index in [1.807, 2.05) is 22.9 Å². The third kappa shape index (κ3) is 3.84. The number of hydrogen-bond acceptors (Lipinski definition) is 4. The van der Waals surface area contributed by atoms with Crippen molar-refractivity contribution in [1.82, 2.24) is 9.55 Å². The zero-order chi connectivity index (χ0) is 17.8. The van der Waals surface area contributed by atoms with Crippen molar-refractivity contribution in [2.45, 2.75) is 6.54 Å². The zero-order valence-electron chi connectivity index (χ0n) is 12.9. The van der Waals surface area contributed by atoms with Crippen LogP contribution in [0.4, 0.5) is 11.4 Å². The summed E-state index contributed by atoms with van der Waals surface area (Å²) in [5, 5.41) is 14.1. The number of nitrogens with one attached hydrogen (secondary N) is 1. The van der Waals surface area contributed by atoms with Crippen LogP contribution in [-0.2, 0) is 6.54 Å². The minimum atomic E-state index is -0.627. The van der Waals surface area contributed by atoms with Crippen LogP contribution in [0.2, 0.25) is 5.02 Å². The fraction of sp³-hybridized carbons (Fsp3) is 0.0588. The summed E-state index contributed by atoms with van der Waals surface area (Å²) in [6.07, 6.45) is 5.14. The molecule has 0 bridgehead atoms. The topological polar surface area (TPSA) is 90.1 Å². The Bertz CT molecular complexity index is 925. The second-order valence-corrected chi connectivity index (χ2v) is 5.70. The van der Waals surface area contributed by atoms with E-state index in [4.69, 9.17) is 11.6 Å². The van der Waals surface area contributed by atoms with Crippen molar-refractivity contribution >= 4 is 28.9 Å². The number of halogens is 1. The molecule has 0 aliphatic carbocycles. The molecule has 25 heavy (non-hydrogen) atoms. The van der Waals surface area contributed by atoms with Gasteiger partial charge in [0.15, 0.2) is 0 Å². The van der Waals surface area contributed by atoms with E-state index in [1.165, 1.54) is 12.1 Å². The Morgan fingerprint density at radius 2 is 2.08 bits per heavy atom.